The molecular weight excluding hydrogens is 392 g/mol. The van der Waals surface area contributed by atoms with Crippen molar-refractivity contribution in [2.24, 2.45) is 0 Å². The van der Waals surface area contributed by atoms with Gasteiger partial charge in [-0.05, 0) is 19.4 Å². The molecule has 2 aromatic rings. The zero-order valence-corrected chi connectivity index (χ0v) is 16.5. The molecule has 3 rings (SSSR count). The third-order valence-corrected chi connectivity index (χ3v) is 4.71. The number of benzene rings is 2. The van der Waals surface area contributed by atoms with Gasteiger partial charge in [0.25, 0.3) is 0 Å². The van der Waals surface area contributed by atoms with Gasteiger partial charge in [-0.25, -0.2) is 14.4 Å². The summed E-state index contributed by atoms with van der Waals surface area (Å²) in [6.07, 6.45) is 0.429. The lowest BCUT2D eigenvalue weighted by Crippen LogP contribution is -2.51. The third-order valence-electron chi connectivity index (χ3n) is 4.71. The van der Waals surface area contributed by atoms with E-state index in [0.29, 0.717) is 11.8 Å². The quantitative estimate of drug-likeness (QED) is 0.421. The zero-order chi connectivity index (χ0) is 21.8. The molecule has 0 unspecified atom stereocenters. The maximum absolute atomic E-state index is 12.6. The molecule has 0 bridgehead atoms. The Bertz CT molecular complexity index is 1050. The van der Waals surface area contributed by atoms with Crippen LogP contribution in [0.5, 0.6) is 11.5 Å². The Morgan fingerprint density at radius 3 is 2.43 bits per heavy atom. The number of esters is 2. The van der Waals surface area contributed by atoms with E-state index >= 15 is 0 Å². The van der Waals surface area contributed by atoms with Gasteiger partial charge in [-0.15, -0.1) is 0 Å². The van der Waals surface area contributed by atoms with Crippen molar-refractivity contribution in [3.63, 3.8) is 0 Å². The van der Waals surface area contributed by atoms with Crippen molar-refractivity contribution in [1.29, 1.82) is 0 Å². The first kappa shape index (κ1) is 21.0. The summed E-state index contributed by atoms with van der Waals surface area (Å²) >= 11 is 0. The van der Waals surface area contributed by atoms with Crippen molar-refractivity contribution in [2.45, 2.75) is 26.3 Å². The van der Waals surface area contributed by atoms with E-state index in [9.17, 15) is 24.6 Å². The minimum Gasteiger partial charge on any atom is -0.507 e. The number of fused-ring (bicyclic) bond motifs is 1. The highest BCUT2D eigenvalue weighted by Crippen LogP contribution is 2.35. The van der Waals surface area contributed by atoms with Gasteiger partial charge >= 0.3 is 18.0 Å². The van der Waals surface area contributed by atoms with E-state index < -0.39 is 30.6 Å². The van der Waals surface area contributed by atoms with E-state index in [4.69, 9.17) is 9.47 Å². The molecule has 2 aromatic carbocycles. The highest BCUT2D eigenvalue weighted by molar-refractivity contribution is 6.03. The maximum Gasteiger partial charge on any atom is 0.342 e. The second-order valence-electron chi connectivity index (χ2n) is 6.59. The predicted molar refractivity (Wildman–Crippen MR) is 107 cm³/mol. The highest BCUT2D eigenvalue weighted by Gasteiger charge is 2.32. The molecule has 1 heterocycles. The summed E-state index contributed by atoms with van der Waals surface area (Å²) in [5.41, 5.74) is 0.0241. The molecule has 0 fully saturated rings. The van der Waals surface area contributed by atoms with Gasteiger partial charge in [-0.3, -0.25) is 0 Å². The molecule has 0 aliphatic carbocycles. The van der Waals surface area contributed by atoms with Crippen molar-refractivity contribution >= 4 is 28.7 Å². The molecule has 1 aliphatic rings. The highest BCUT2D eigenvalue weighted by atomic mass is 16.5. The van der Waals surface area contributed by atoms with Crippen molar-refractivity contribution < 1.29 is 34.1 Å². The van der Waals surface area contributed by atoms with E-state index in [0.717, 1.165) is 6.07 Å². The van der Waals surface area contributed by atoms with Crippen LogP contribution in [0.4, 0.5) is 4.79 Å². The number of carbonyl (C=O) groups excluding carboxylic acids is 3. The SMILES string of the molecule is CCOC(=O)C1=C(COC(=O)c2cc(O)c3ccccc3c2O)NC(=O)N[C@H]1CC. The van der Waals surface area contributed by atoms with Gasteiger partial charge in [-0.2, -0.15) is 0 Å². The number of carbonyl (C=O) groups is 3. The van der Waals surface area contributed by atoms with Crippen LogP contribution in [0, 0.1) is 0 Å². The number of nitrogens with one attached hydrogen (secondary N) is 2. The van der Waals surface area contributed by atoms with Crippen LogP contribution in [0.2, 0.25) is 0 Å². The Labute approximate surface area is 172 Å². The molecule has 0 saturated carbocycles. The summed E-state index contributed by atoms with van der Waals surface area (Å²) in [7, 11) is 0. The Morgan fingerprint density at radius 1 is 1.07 bits per heavy atom. The lowest BCUT2D eigenvalue weighted by Gasteiger charge is -2.28. The van der Waals surface area contributed by atoms with Crippen LogP contribution in [0.1, 0.15) is 30.6 Å². The van der Waals surface area contributed by atoms with Gasteiger partial charge in [0, 0.05) is 10.8 Å². The average Bonchev–Trinajstić information content (AvgIpc) is 2.74. The number of hydrogen-bond donors (Lipinski definition) is 4. The second-order valence-corrected chi connectivity index (χ2v) is 6.59. The van der Waals surface area contributed by atoms with Crippen LogP contribution in [-0.2, 0) is 14.3 Å². The Hall–Kier alpha value is -3.75. The summed E-state index contributed by atoms with van der Waals surface area (Å²) in [5.74, 6) is -2.09. The molecule has 2 amide bonds. The van der Waals surface area contributed by atoms with Crippen molar-refractivity contribution in [3.05, 3.63) is 47.2 Å². The van der Waals surface area contributed by atoms with E-state index in [1.807, 2.05) is 0 Å². The first-order chi connectivity index (χ1) is 14.4. The Morgan fingerprint density at radius 2 is 1.77 bits per heavy atom. The van der Waals surface area contributed by atoms with Crippen LogP contribution >= 0.6 is 0 Å². The predicted octanol–water partition coefficient (Wildman–Crippen LogP) is 2.32. The number of aromatic hydroxyl groups is 2. The number of phenolic OH excluding ortho intramolecular Hbond substituents is 2. The first-order valence-electron chi connectivity index (χ1n) is 9.45. The standard InChI is InChI=1S/C21H22N2O7/c1-3-14-17(20(27)29-4-2)15(23-21(28)22-14)10-30-19(26)13-9-16(24)11-7-5-6-8-12(11)18(13)25/h5-9,14,24-25H,3-4,10H2,1-2H3,(H2,22,23,28)/t14-/m0/s1. The molecular formula is C21H22N2O7. The molecule has 0 spiro atoms. The summed E-state index contributed by atoms with van der Waals surface area (Å²) in [5, 5.41) is 26.4. The molecule has 4 N–H and O–H groups in total. The maximum atomic E-state index is 12.6. The summed E-state index contributed by atoms with van der Waals surface area (Å²) in [4.78, 5) is 36.8. The number of urea groups is 1. The molecule has 0 saturated heterocycles. The molecule has 1 aliphatic heterocycles. The zero-order valence-electron chi connectivity index (χ0n) is 16.5. The smallest absolute Gasteiger partial charge is 0.342 e. The van der Waals surface area contributed by atoms with E-state index in [2.05, 4.69) is 10.6 Å². The number of amides is 2. The topological polar surface area (TPSA) is 134 Å². The Kier molecular flexibility index (Phi) is 6.10. The van der Waals surface area contributed by atoms with Crippen molar-refractivity contribution in [3.8, 4) is 11.5 Å². The van der Waals surface area contributed by atoms with Gasteiger partial charge < -0.3 is 30.3 Å². The molecule has 0 radical (unpaired) electrons. The lowest BCUT2D eigenvalue weighted by atomic mass is 10.0. The van der Waals surface area contributed by atoms with Crippen LogP contribution < -0.4 is 10.6 Å². The second kappa shape index (κ2) is 8.73. The van der Waals surface area contributed by atoms with Crippen LogP contribution in [0.3, 0.4) is 0 Å². The normalized spacial score (nSPS) is 16.1. The molecule has 0 aromatic heterocycles. The minimum atomic E-state index is -0.926. The molecule has 9 heteroatoms. The first-order valence-corrected chi connectivity index (χ1v) is 9.45. The van der Waals surface area contributed by atoms with Gasteiger partial charge in [-0.1, -0.05) is 31.2 Å². The van der Waals surface area contributed by atoms with Gasteiger partial charge in [0.05, 0.1) is 23.9 Å². The summed E-state index contributed by atoms with van der Waals surface area (Å²) in [6, 6.07) is 6.48. The van der Waals surface area contributed by atoms with Crippen molar-refractivity contribution in [2.75, 3.05) is 13.2 Å². The molecule has 30 heavy (non-hydrogen) atoms. The number of ether oxygens (including phenoxy) is 2. The third kappa shape index (κ3) is 4.00. The molecule has 158 valence electrons. The molecule has 9 nitrogen and oxygen atoms in total. The average molecular weight is 414 g/mol. The van der Waals surface area contributed by atoms with Gasteiger partial charge in [0.2, 0.25) is 0 Å². The fraction of sp³-hybridized carbons (Fsp3) is 0.286. The number of hydrogen-bond acceptors (Lipinski definition) is 7. The number of rotatable bonds is 6. The molecule has 1 atom stereocenters. The van der Waals surface area contributed by atoms with E-state index in [-0.39, 0.29) is 40.3 Å². The van der Waals surface area contributed by atoms with Crippen molar-refractivity contribution in [1.82, 2.24) is 10.6 Å². The van der Waals surface area contributed by atoms with Gasteiger partial charge in [0.1, 0.15) is 23.7 Å². The van der Waals surface area contributed by atoms with Crippen LogP contribution in [0.25, 0.3) is 10.8 Å². The summed E-state index contributed by atoms with van der Waals surface area (Å²) < 4.78 is 10.3. The largest absolute Gasteiger partial charge is 0.507 e. The fourth-order valence-corrected chi connectivity index (χ4v) is 3.29. The number of phenols is 2. The summed E-state index contributed by atoms with van der Waals surface area (Å²) in [6.45, 7) is 3.16. The lowest BCUT2D eigenvalue weighted by molar-refractivity contribution is -0.139. The fourth-order valence-electron chi connectivity index (χ4n) is 3.29. The van der Waals surface area contributed by atoms with Gasteiger partial charge in [0.15, 0.2) is 0 Å². The minimum absolute atomic E-state index is 0.0990. The van der Waals surface area contributed by atoms with E-state index in [1.54, 1.807) is 38.1 Å². The van der Waals surface area contributed by atoms with Crippen LogP contribution in [0.15, 0.2) is 41.6 Å². The monoisotopic (exact) mass is 414 g/mol. The van der Waals surface area contributed by atoms with E-state index in [1.165, 1.54) is 0 Å². The van der Waals surface area contributed by atoms with Crippen LogP contribution in [-0.4, -0.2) is 47.4 Å². The Balaban J connectivity index is 1.89.